The molecule has 108 valence electrons. The second kappa shape index (κ2) is 5.43. The zero-order valence-corrected chi connectivity index (χ0v) is 12.0. The zero-order valence-electron chi connectivity index (χ0n) is 12.0. The second-order valence-electron chi connectivity index (χ2n) is 6.23. The summed E-state index contributed by atoms with van der Waals surface area (Å²) in [5.41, 5.74) is 0.693. The van der Waals surface area contributed by atoms with E-state index in [1.54, 1.807) is 16.8 Å². The maximum atomic E-state index is 12.1. The van der Waals surface area contributed by atoms with E-state index in [1.165, 1.54) is 31.7 Å². The van der Waals surface area contributed by atoms with Crippen LogP contribution in [0.25, 0.3) is 0 Å². The van der Waals surface area contributed by atoms with Crippen molar-refractivity contribution in [2.45, 2.75) is 45.6 Å². The summed E-state index contributed by atoms with van der Waals surface area (Å²) in [6.07, 6.45) is 7.59. The lowest BCUT2D eigenvalue weighted by Gasteiger charge is -2.20. The Morgan fingerprint density at radius 1 is 1.35 bits per heavy atom. The van der Waals surface area contributed by atoms with Crippen molar-refractivity contribution >= 4 is 11.6 Å². The molecule has 1 N–H and O–H groups in total. The number of amides is 1. The van der Waals surface area contributed by atoms with Gasteiger partial charge in [-0.3, -0.25) is 9.59 Å². The fraction of sp³-hybridized carbons (Fsp3) is 0.625. The minimum absolute atomic E-state index is 0.0291. The number of hydrogen-bond donors (Lipinski definition) is 1. The van der Waals surface area contributed by atoms with Gasteiger partial charge in [-0.2, -0.15) is 0 Å². The summed E-state index contributed by atoms with van der Waals surface area (Å²) in [6, 6.07) is 3.20. The molecule has 0 aliphatic heterocycles. The minimum atomic E-state index is -0.0291. The smallest absolute Gasteiger partial charge is 0.250 e. The van der Waals surface area contributed by atoms with E-state index < -0.39 is 0 Å². The van der Waals surface area contributed by atoms with Crippen LogP contribution in [0.1, 0.15) is 39.0 Å². The molecule has 0 aromatic carbocycles. The topological polar surface area (TPSA) is 51.1 Å². The van der Waals surface area contributed by atoms with Crippen molar-refractivity contribution in [1.82, 2.24) is 4.57 Å². The molecular weight excluding hydrogens is 252 g/mol. The van der Waals surface area contributed by atoms with Gasteiger partial charge in [0.05, 0.1) is 5.69 Å². The lowest BCUT2D eigenvalue weighted by molar-refractivity contribution is -0.117. The number of hydrogen-bond acceptors (Lipinski definition) is 2. The second-order valence-corrected chi connectivity index (χ2v) is 6.23. The van der Waals surface area contributed by atoms with Crippen LogP contribution in [0, 0.1) is 17.8 Å². The van der Waals surface area contributed by atoms with Gasteiger partial charge >= 0.3 is 0 Å². The van der Waals surface area contributed by atoms with Crippen LogP contribution in [0.3, 0.4) is 0 Å². The average Bonchev–Trinajstić information content (AvgIpc) is 3.03. The van der Waals surface area contributed by atoms with E-state index in [-0.39, 0.29) is 11.5 Å². The molecule has 0 radical (unpaired) electrons. The van der Waals surface area contributed by atoms with Crippen molar-refractivity contribution in [2.24, 2.45) is 17.8 Å². The Labute approximate surface area is 119 Å². The van der Waals surface area contributed by atoms with Crippen LogP contribution in [0.5, 0.6) is 0 Å². The number of carbonyl (C=O) groups excluding carboxylic acids is 1. The lowest BCUT2D eigenvalue weighted by Crippen LogP contribution is -2.22. The third-order valence-electron chi connectivity index (χ3n) is 4.94. The third-order valence-corrected chi connectivity index (χ3v) is 4.94. The van der Waals surface area contributed by atoms with E-state index in [1.807, 2.05) is 6.92 Å². The predicted molar refractivity (Wildman–Crippen MR) is 78.6 cm³/mol. The third kappa shape index (κ3) is 2.65. The van der Waals surface area contributed by atoms with Crippen LogP contribution in [-0.2, 0) is 11.3 Å². The molecule has 4 nitrogen and oxygen atoms in total. The van der Waals surface area contributed by atoms with E-state index in [9.17, 15) is 9.59 Å². The standard InChI is InChI=1S/C16H22N2O2/c1-2-18-10-14(5-6-16(18)20)17-15(19)9-13-8-11-3-4-12(13)7-11/h5-6,10-13H,2-4,7-9H2,1H3,(H,17,19)/t11-,12-,13+/m0/s1. The van der Waals surface area contributed by atoms with Gasteiger partial charge in [-0.25, -0.2) is 0 Å². The summed E-state index contributed by atoms with van der Waals surface area (Å²) in [5, 5.41) is 2.93. The molecule has 2 aliphatic carbocycles. The van der Waals surface area contributed by atoms with E-state index >= 15 is 0 Å². The van der Waals surface area contributed by atoms with E-state index in [2.05, 4.69) is 5.32 Å². The van der Waals surface area contributed by atoms with Crippen LogP contribution in [-0.4, -0.2) is 10.5 Å². The Kier molecular flexibility index (Phi) is 3.64. The van der Waals surface area contributed by atoms with E-state index in [4.69, 9.17) is 0 Å². The van der Waals surface area contributed by atoms with Crippen LogP contribution in [0.2, 0.25) is 0 Å². The monoisotopic (exact) mass is 274 g/mol. The Bertz CT molecular complexity index is 564. The summed E-state index contributed by atoms with van der Waals surface area (Å²) in [7, 11) is 0. The fourth-order valence-electron chi connectivity index (χ4n) is 3.93. The average molecular weight is 274 g/mol. The van der Waals surface area contributed by atoms with Gasteiger partial charge in [0.25, 0.3) is 5.56 Å². The van der Waals surface area contributed by atoms with E-state index in [0.29, 0.717) is 18.9 Å². The number of aromatic nitrogens is 1. The number of pyridine rings is 1. The molecular formula is C16H22N2O2. The maximum Gasteiger partial charge on any atom is 0.250 e. The highest BCUT2D eigenvalue weighted by Gasteiger charge is 2.40. The summed E-state index contributed by atoms with van der Waals surface area (Å²) in [4.78, 5) is 23.6. The predicted octanol–water partition coefficient (Wildman–Crippen LogP) is 2.63. The van der Waals surface area contributed by atoms with Crippen molar-refractivity contribution in [3.8, 4) is 0 Å². The molecule has 1 aromatic heterocycles. The van der Waals surface area contributed by atoms with Crippen molar-refractivity contribution in [3.63, 3.8) is 0 Å². The lowest BCUT2D eigenvalue weighted by atomic mass is 9.86. The first-order chi connectivity index (χ1) is 9.65. The van der Waals surface area contributed by atoms with E-state index in [0.717, 1.165) is 17.5 Å². The SMILES string of the molecule is CCn1cc(NC(=O)C[C@H]2C[C@H]3CC[C@H]2C3)ccc1=O. The Balaban J connectivity index is 1.60. The van der Waals surface area contributed by atoms with Crippen molar-refractivity contribution in [1.29, 1.82) is 0 Å². The Hall–Kier alpha value is -1.58. The van der Waals surface area contributed by atoms with Gasteiger partial charge in [-0.05, 0) is 50.0 Å². The highest BCUT2D eigenvalue weighted by atomic mass is 16.1. The maximum absolute atomic E-state index is 12.1. The Morgan fingerprint density at radius 2 is 2.20 bits per heavy atom. The number of fused-ring (bicyclic) bond motifs is 2. The first kappa shape index (κ1) is 13.4. The number of aryl methyl sites for hydroxylation is 1. The van der Waals surface area contributed by atoms with Crippen LogP contribution >= 0.6 is 0 Å². The van der Waals surface area contributed by atoms with Crippen LogP contribution in [0.15, 0.2) is 23.1 Å². The molecule has 0 unspecified atom stereocenters. The first-order valence-electron chi connectivity index (χ1n) is 7.66. The minimum Gasteiger partial charge on any atom is -0.325 e. The molecule has 20 heavy (non-hydrogen) atoms. The zero-order chi connectivity index (χ0) is 14.1. The van der Waals surface area contributed by atoms with Gasteiger partial charge in [0, 0.05) is 25.2 Å². The summed E-state index contributed by atoms with van der Waals surface area (Å²) < 4.78 is 1.60. The number of rotatable bonds is 4. The number of nitrogens with one attached hydrogen (secondary N) is 1. The molecule has 2 aliphatic rings. The van der Waals surface area contributed by atoms with Crippen molar-refractivity contribution in [2.75, 3.05) is 5.32 Å². The summed E-state index contributed by atoms with van der Waals surface area (Å²) >= 11 is 0. The molecule has 4 heteroatoms. The summed E-state index contributed by atoms with van der Waals surface area (Å²) in [6.45, 7) is 2.54. The molecule has 1 amide bonds. The quantitative estimate of drug-likeness (QED) is 0.917. The molecule has 2 fully saturated rings. The summed E-state index contributed by atoms with van der Waals surface area (Å²) in [5.74, 6) is 2.31. The number of nitrogens with zero attached hydrogens (tertiary/aromatic N) is 1. The highest BCUT2D eigenvalue weighted by Crippen LogP contribution is 2.49. The molecule has 2 saturated carbocycles. The molecule has 0 spiro atoms. The first-order valence-corrected chi connectivity index (χ1v) is 7.66. The fourth-order valence-corrected chi connectivity index (χ4v) is 3.93. The van der Waals surface area contributed by atoms with Gasteiger partial charge in [-0.15, -0.1) is 0 Å². The largest absolute Gasteiger partial charge is 0.325 e. The molecule has 3 atom stereocenters. The normalized spacial score (nSPS) is 27.8. The molecule has 0 saturated heterocycles. The molecule has 2 bridgehead atoms. The van der Waals surface area contributed by atoms with Gasteiger partial charge in [0.15, 0.2) is 0 Å². The molecule has 1 heterocycles. The van der Waals surface area contributed by atoms with Crippen molar-refractivity contribution < 1.29 is 4.79 Å². The number of carbonyl (C=O) groups is 1. The van der Waals surface area contributed by atoms with Gasteiger partial charge < -0.3 is 9.88 Å². The number of anilines is 1. The van der Waals surface area contributed by atoms with Crippen LogP contribution in [0.4, 0.5) is 5.69 Å². The van der Waals surface area contributed by atoms with Gasteiger partial charge in [0.2, 0.25) is 5.91 Å². The molecule has 3 rings (SSSR count). The molecule has 1 aromatic rings. The Morgan fingerprint density at radius 3 is 2.85 bits per heavy atom. The van der Waals surface area contributed by atoms with Crippen molar-refractivity contribution in [3.05, 3.63) is 28.7 Å². The highest BCUT2D eigenvalue weighted by molar-refractivity contribution is 5.90. The van der Waals surface area contributed by atoms with Gasteiger partial charge in [-0.1, -0.05) is 6.42 Å². The van der Waals surface area contributed by atoms with Crippen LogP contribution < -0.4 is 10.9 Å². The van der Waals surface area contributed by atoms with Gasteiger partial charge in [0.1, 0.15) is 0 Å².